The van der Waals surface area contributed by atoms with Crippen LogP contribution < -0.4 is 0 Å². The molecule has 0 rings (SSSR count). The number of hydrogen-bond donors (Lipinski definition) is 0. The van der Waals surface area contributed by atoms with Crippen molar-refractivity contribution in [2.75, 3.05) is 0 Å². The van der Waals surface area contributed by atoms with Crippen LogP contribution in [0, 0.1) is 0 Å². The molecule has 0 bridgehead atoms. The summed E-state index contributed by atoms with van der Waals surface area (Å²) in [6.45, 7) is 19.4. The molecule has 0 N–H and O–H groups in total. The van der Waals surface area contributed by atoms with E-state index in [0.717, 1.165) is 0 Å². The average Bonchev–Trinajstić information content (AvgIpc) is 2.04. The first-order valence-electron chi connectivity index (χ1n) is 7.50. The number of rotatable bonds is 9. The molecular weight excluding hydrogens is 427 g/mol. The summed E-state index contributed by atoms with van der Waals surface area (Å²) in [6.07, 6.45) is 0. The van der Waals surface area contributed by atoms with Crippen molar-refractivity contribution in [1.82, 2.24) is 0 Å². The van der Waals surface area contributed by atoms with Crippen molar-refractivity contribution in [1.29, 1.82) is 0 Å². The average molecular weight is 458 g/mol. The zero-order valence-electron chi connectivity index (χ0n) is 15.3. The molecule has 0 aromatic carbocycles. The van der Waals surface area contributed by atoms with E-state index >= 15 is 0 Å². The van der Waals surface area contributed by atoms with Gasteiger partial charge < -0.3 is 12.3 Å². The summed E-state index contributed by atoms with van der Waals surface area (Å²) in [7, 11) is -8.38. The molecule has 0 saturated carbocycles. The van der Waals surface area contributed by atoms with Crippen LogP contribution in [0.25, 0.3) is 0 Å². The molecule has 11 heteroatoms. The first kappa shape index (κ1) is 23.8. The molecule has 22 heavy (non-hydrogen) atoms. The normalized spacial score (nSPS) is 15.3. The first-order chi connectivity index (χ1) is 9.33. The lowest BCUT2D eigenvalue weighted by molar-refractivity contribution is 0.254. The summed E-state index contributed by atoms with van der Waals surface area (Å²) in [5.41, 5.74) is 0. The molecule has 0 aromatic rings. The third-order valence-electron chi connectivity index (χ3n) is 2.10. The third-order valence-corrected chi connectivity index (χ3v) is 17.1. The van der Waals surface area contributed by atoms with Gasteiger partial charge in [-0.15, -0.1) is 33.2 Å². The van der Waals surface area contributed by atoms with E-state index < -0.39 is 39.8 Å². The van der Waals surface area contributed by atoms with Crippen LogP contribution in [0.1, 0.15) is 0 Å². The fourth-order valence-corrected chi connectivity index (χ4v) is 20.9. The maximum absolute atomic E-state index is 6.52. The second-order valence-electron chi connectivity index (χ2n) is 8.44. The van der Waals surface area contributed by atoms with Crippen molar-refractivity contribution in [3.63, 3.8) is 0 Å². The summed E-state index contributed by atoms with van der Waals surface area (Å²) in [5.74, 6) is 0. The van der Waals surface area contributed by atoms with Gasteiger partial charge in [0.05, 0.1) is 0 Å². The lowest BCUT2D eigenvalue weighted by Gasteiger charge is -2.43. The Balaban J connectivity index is 5.58. The smallest absolute Gasteiger partial charge is 0.417 e. The van der Waals surface area contributed by atoms with Gasteiger partial charge in [-0.2, -0.15) is 0 Å². The molecule has 0 fully saturated rings. The van der Waals surface area contributed by atoms with Gasteiger partial charge in [-0.1, -0.05) is 0 Å². The predicted octanol–water partition coefficient (Wildman–Crippen LogP) is 6.14. The Morgan fingerprint density at radius 1 is 0.545 bits per heavy atom. The highest BCUT2D eigenvalue weighted by Crippen LogP contribution is 2.35. The van der Waals surface area contributed by atoms with E-state index in [4.69, 9.17) is 45.6 Å². The molecule has 3 nitrogen and oxygen atoms in total. The molecule has 0 heterocycles. The molecule has 0 aliphatic heterocycles. The fraction of sp³-hybridized carbons (Fsp3) is 1.00. The summed E-state index contributed by atoms with van der Waals surface area (Å²) >= 11 is 18.3. The van der Waals surface area contributed by atoms with E-state index in [1.165, 1.54) is 0 Å². The first-order valence-corrected chi connectivity index (χ1v) is 24.9. The highest BCUT2D eigenvalue weighted by molar-refractivity contribution is 7.64. The van der Waals surface area contributed by atoms with Crippen LogP contribution in [0.4, 0.5) is 0 Å². The summed E-state index contributed by atoms with van der Waals surface area (Å²) in [5, 5.41) is 0. The van der Waals surface area contributed by atoms with Crippen LogP contribution >= 0.6 is 33.2 Å². The fourth-order valence-electron chi connectivity index (χ4n) is 1.91. The predicted molar refractivity (Wildman–Crippen MR) is 112 cm³/mol. The monoisotopic (exact) mass is 456 g/mol. The molecule has 0 atom stereocenters. The van der Waals surface area contributed by atoms with Crippen molar-refractivity contribution in [3.8, 4) is 0 Å². The van der Waals surface area contributed by atoms with Crippen LogP contribution in [0.3, 0.4) is 0 Å². The molecule has 0 unspecified atom stereocenters. The summed E-state index contributed by atoms with van der Waals surface area (Å²) in [4.78, 5) is 0. The molecule has 0 aliphatic rings. The van der Waals surface area contributed by atoms with Gasteiger partial charge in [0.25, 0.3) is 0 Å². The number of halogens is 3. The largest absolute Gasteiger partial charge is 0.469 e. The minimum absolute atomic E-state index is 0.517. The molecule has 134 valence electrons. The van der Waals surface area contributed by atoms with Crippen LogP contribution in [0.15, 0.2) is 0 Å². The van der Waals surface area contributed by atoms with Crippen LogP contribution in [0.2, 0.25) is 71.0 Å². The van der Waals surface area contributed by atoms with Crippen molar-refractivity contribution in [2.45, 2.75) is 71.0 Å². The molecule has 0 aromatic heterocycles. The lowest BCUT2D eigenvalue weighted by Crippen LogP contribution is -2.60. The Labute approximate surface area is 155 Å². The van der Waals surface area contributed by atoms with Gasteiger partial charge in [0.2, 0.25) is 0 Å². The van der Waals surface area contributed by atoms with Gasteiger partial charge in [-0.3, -0.25) is 0 Å². The molecular formula is C11H31Cl3O3Si5. The van der Waals surface area contributed by atoms with E-state index in [0.29, 0.717) is 12.1 Å². The molecule has 0 radical (unpaired) electrons. The molecule has 0 aliphatic carbocycles. The van der Waals surface area contributed by atoms with Crippen molar-refractivity contribution in [2.24, 2.45) is 0 Å². The summed E-state index contributed by atoms with van der Waals surface area (Å²) in [6, 6.07) is -1.61. The van der Waals surface area contributed by atoms with Gasteiger partial charge in [0.1, 0.15) is 0 Å². The zero-order chi connectivity index (χ0) is 18.0. The number of hydrogen-bond acceptors (Lipinski definition) is 3. The van der Waals surface area contributed by atoms with Crippen molar-refractivity contribution in [3.05, 3.63) is 0 Å². The highest BCUT2D eigenvalue weighted by atomic mass is 35.8. The van der Waals surface area contributed by atoms with Crippen molar-refractivity contribution >= 4 is 73.0 Å². The second-order valence-corrected chi connectivity index (χ2v) is 34.7. The summed E-state index contributed by atoms with van der Waals surface area (Å²) < 4.78 is 19.6. The van der Waals surface area contributed by atoms with Gasteiger partial charge in [0, 0.05) is 6.04 Å². The van der Waals surface area contributed by atoms with Crippen molar-refractivity contribution < 1.29 is 12.3 Å². The SMILES string of the molecule is C[Si](C)(C)O[Si](CC[Si](Cl)(Cl)Cl)(O[Si](C)(C)C)O[Si](C)(C)C. The molecule has 0 saturated heterocycles. The second kappa shape index (κ2) is 8.02. The Morgan fingerprint density at radius 2 is 0.818 bits per heavy atom. The quantitative estimate of drug-likeness (QED) is 0.307. The molecule has 0 amide bonds. The van der Waals surface area contributed by atoms with Gasteiger partial charge in [0.15, 0.2) is 25.0 Å². The Hall–Kier alpha value is 1.83. The van der Waals surface area contributed by atoms with Gasteiger partial charge in [-0.05, 0) is 65.0 Å². The van der Waals surface area contributed by atoms with E-state index in [2.05, 4.69) is 58.9 Å². The minimum atomic E-state index is -2.84. The minimum Gasteiger partial charge on any atom is -0.417 e. The Bertz CT molecular complexity index is 317. The van der Waals surface area contributed by atoms with E-state index in [1.807, 2.05) is 0 Å². The third kappa shape index (κ3) is 13.2. The molecule has 0 spiro atoms. The Kier molecular flexibility index (Phi) is 8.69. The Morgan fingerprint density at radius 3 is 1.00 bits per heavy atom. The zero-order valence-corrected chi connectivity index (χ0v) is 22.5. The highest BCUT2D eigenvalue weighted by Gasteiger charge is 2.51. The lowest BCUT2D eigenvalue weighted by atomic mass is 11.0. The topological polar surface area (TPSA) is 27.7 Å². The van der Waals surface area contributed by atoms with E-state index in [1.54, 1.807) is 0 Å². The van der Waals surface area contributed by atoms with Crippen LogP contribution in [-0.2, 0) is 12.3 Å². The maximum Gasteiger partial charge on any atom is 0.469 e. The van der Waals surface area contributed by atoms with E-state index in [9.17, 15) is 0 Å². The van der Waals surface area contributed by atoms with E-state index in [-0.39, 0.29) is 0 Å². The standard InChI is InChI=1S/C11H31Cl3O3Si5/c1-18(2,3)15-22(16-19(4,5)6,17-20(7,8)9)11-10-21(12,13)14/h10-11H2,1-9H3. The van der Waals surface area contributed by atoms with Gasteiger partial charge in [-0.25, -0.2) is 0 Å². The maximum atomic E-state index is 6.52. The van der Waals surface area contributed by atoms with Gasteiger partial charge >= 0.3 is 14.8 Å². The van der Waals surface area contributed by atoms with Crippen LogP contribution in [-0.4, -0.2) is 39.8 Å². The van der Waals surface area contributed by atoms with Crippen LogP contribution in [0.5, 0.6) is 0 Å².